The van der Waals surface area contributed by atoms with Crippen LogP contribution in [0.5, 0.6) is 0 Å². The quantitative estimate of drug-likeness (QED) is 0.546. The average Bonchev–Trinajstić information content (AvgIpc) is 1.91. The zero-order chi connectivity index (χ0) is 7.98. The van der Waals surface area contributed by atoms with Crippen molar-refractivity contribution in [1.29, 1.82) is 0 Å². The lowest BCUT2D eigenvalue weighted by Gasteiger charge is -2.14. The van der Waals surface area contributed by atoms with Crippen LogP contribution in [0.15, 0.2) is 23.4 Å². The van der Waals surface area contributed by atoms with E-state index in [0.29, 0.717) is 0 Å². The van der Waals surface area contributed by atoms with E-state index >= 15 is 0 Å². The van der Waals surface area contributed by atoms with Crippen LogP contribution in [-0.2, 0) is 0 Å². The Kier molecular flexibility index (Phi) is 4.94. The van der Waals surface area contributed by atoms with Crippen molar-refractivity contribution in [3.63, 3.8) is 0 Å². The first kappa shape index (κ1) is 9.43. The monoisotopic (exact) mass is 158 g/mol. The number of hydrogen-bond donors (Lipinski definition) is 1. The second-order valence-corrected chi connectivity index (χ2v) is 2.78. The molecule has 1 aliphatic rings. The molecule has 1 heterocycles. The van der Waals surface area contributed by atoms with Crippen LogP contribution in [0.1, 0.15) is 13.8 Å². The second kappa shape index (κ2) is 5.23. The van der Waals surface area contributed by atoms with Crippen molar-refractivity contribution >= 4 is 11.9 Å². The van der Waals surface area contributed by atoms with Crippen LogP contribution in [0.4, 0.5) is 0 Å². The largest absolute Gasteiger partial charge is 0.392 e. The van der Waals surface area contributed by atoms with Gasteiger partial charge in [0.25, 0.3) is 0 Å². The molecular formula is C7H14N2S. The van der Waals surface area contributed by atoms with Crippen molar-refractivity contribution < 1.29 is 0 Å². The third kappa shape index (κ3) is 3.45. The smallest absolute Gasteiger partial charge is 0.0868 e. The fourth-order valence-corrected chi connectivity index (χ4v) is 1.09. The van der Waals surface area contributed by atoms with E-state index in [-0.39, 0.29) is 0 Å². The van der Waals surface area contributed by atoms with Gasteiger partial charge >= 0.3 is 0 Å². The zero-order valence-corrected chi connectivity index (χ0v) is 7.48. The third-order valence-electron chi connectivity index (χ3n) is 0.806. The topological polar surface area (TPSA) is 29.3 Å². The van der Waals surface area contributed by atoms with Gasteiger partial charge in [0.05, 0.1) is 5.03 Å². The van der Waals surface area contributed by atoms with E-state index in [0.717, 1.165) is 5.03 Å². The average molecular weight is 158 g/mol. The lowest BCUT2D eigenvalue weighted by atomic mass is 10.6. The minimum atomic E-state index is 0.843. The van der Waals surface area contributed by atoms with E-state index in [9.17, 15) is 0 Å². The lowest BCUT2D eigenvalue weighted by Crippen LogP contribution is -2.06. The molecule has 0 bridgehead atoms. The number of allylic oxidation sites excluding steroid dienone is 2. The molecule has 0 amide bonds. The summed E-state index contributed by atoms with van der Waals surface area (Å²) in [5.74, 6) is 0. The van der Waals surface area contributed by atoms with Gasteiger partial charge in [-0.3, -0.25) is 0 Å². The summed E-state index contributed by atoms with van der Waals surface area (Å²) in [6.45, 7) is 4.00. The van der Waals surface area contributed by atoms with Crippen molar-refractivity contribution in [2.45, 2.75) is 13.8 Å². The Morgan fingerprint density at radius 2 is 2.10 bits per heavy atom. The van der Waals surface area contributed by atoms with Gasteiger partial charge in [0.2, 0.25) is 0 Å². The number of rotatable bonds is 0. The molecule has 58 valence electrons. The minimum absolute atomic E-state index is 0.843. The molecule has 3 heteroatoms. The molecule has 2 N–H and O–H groups in total. The Morgan fingerprint density at radius 3 is 2.40 bits per heavy atom. The molecule has 0 atom stereocenters. The normalized spacial score (nSPS) is 15.5. The van der Waals surface area contributed by atoms with Crippen molar-refractivity contribution in [2.75, 3.05) is 7.05 Å². The summed E-state index contributed by atoms with van der Waals surface area (Å²) < 4.78 is 1.95. The maximum atomic E-state index is 5.46. The summed E-state index contributed by atoms with van der Waals surface area (Å²) >= 11 is 1.53. The van der Waals surface area contributed by atoms with Crippen LogP contribution in [0, 0.1) is 0 Å². The highest BCUT2D eigenvalue weighted by Gasteiger charge is 1.97. The van der Waals surface area contributed by atoms with Crippen LogP contribution in [0.25, 0.3) is 0 Å². The first-order valence-corrected chi connectivity index (χ1v) is 4.11. The summed E-state index contributed by atoms with van der Waals surface area (Å²) in [5.41, 5.74) is 5.46. The predicted molar refractivity (Wildman–Crippen MR) is 48.1 cm³/mol. The van der Waals surface area contributed by atoms with E-state index in [4.69, 9.17) is 5.73 Å². The summed E-state index contributed by atoms with van der Waals surface area (Å²) in [6.07, 6.45) is 5.76. The summed E-state index contributed by atoms with van der Waals surface area (Å²) in [6, 6.07) is 0. The van der Waals surface area contributed by atoms with Gasteiger partial charge in [-0.1, -0.05) is 13.8 Å². The molecule has 0 fully saturated rings. The van der Waals surface area contributed by atoms with E-state index in [1.54, 1.807) is 0 Å². The van der Waals surface area contributed by atoms with E-state index in [1.165, 1.54) is 11.9 Å². The molecule has 2 nitrogen and oxygen atoms in total. The first-order chi connectivity index (χ1) is 4.79. The molecule has 10 heavy (non-hydrogen) atoms. The Morgan fingerprint density at radius 1 is 1.50 bits per heavy atom. The highest BCUT2D eigenvalue weighted by Crippen LogP contribution is 2.17. The third-order valence-corrected chi connectivity index (χ3v) is 1.56. The molecule has 0 aliphatic carbocycles. The predicted octanol–water partition coefficient (Wildman–Crippen LogP) is 1.92. The molecule has 1 aliphatic heterocycles. The van der Waals surface area contributed by atoms with Crippen molar-refractivity contribution in [1.82, 2.24) is 4.31 Å². The van der Waals surface area contributed by atoms with Gasteiger partial charge in [-0.2, -0.15) is 0 Å². The second-order valence-electron chi connectivity index (χ2n) is 1.55. The Bertz CT molecular complexity index is 141. The molecule has 0 aromatic carbocycles. The lowest BCUT2D eigenvalue weighted by molar-refractivity contribution is 0.774. The highest BCUT2D eigenvalue weighted by atomic mass is 32.2. The SMILES string of the molecule is CC.CN1C=CC=C(N)S1. The van der Waals surface area contributed by atoms with Crippen molar-refractivity contribution in [2.24, 2.45) is 5.73 Å². The minimum Gasteiger partial charge on any atom is -0.392 e. The molecule has 0 saturated heterocycles. The molecular weight excluding hydrogens is 144 g/mol. The van der Waals surface area contributed by atoms with E-state index in [1.807, 2.05) is 43.6 Å². The highest BCUT2D eigenvalue weighted by molar-refractivity contribution is 8.00. The fraction of sp³-hybridized carbons (Fsp3) is 0.429. The van der Waals surface area contributed by atoms with Gasteiger partial charge in [-0.25, -0.2) is 0 Å². The summed E-state index contributed by atoms with van der Waals surface area (Å²) in [4.78, 5) is 0. The van der Waals surface area contributed by atoms with Gasteiger partial charge in [0.1, 0.15) is 0 Å². The van der Waals surface area contributed by atoms with Gasteiger partial charge < -0.3 is 10.0 Å². The van der Waals surface area contributed by atoms with Gasteiger partial charge in [0.15, 0.2) is 0 Å². The number of nitrogens with zero attached hydrogens (tertiary/aromatic N) is 1. The fourth-order valence-electron chi connectivity index (χ4n) is 0.486. The van der Waals surface area contributed by atoms with Crippen LogP contribution < -0.4 is 5.73 Å². The Labute approximate surface area is 66.9 Å². The van der Waals surface area contributed by atoms with E-state index < -0.39 is 0 Å². The Hall–Kier alpha value is -0.570. The van der Waals surface area contributed by atoms with Gasteiger partial charge in [-0.05, 0) is 12.2 Å². The van der Waals surface area contributed by atoms with E-state index in [2.05, 4.69) is 0 Å². The zero-order valence-electron chi connectivity index (χ0n) is 6.66. The maximum absolute atomic E-state index is 5.46. The maximum Gasteiger partial charge on any atom is 0.0868 e. The number of nitrogens with two attached hydrogens (primary N) is 1. The molecule has 0 aromatic rings. The standard InChI is InChI=1S/C5H8N2S.C2H6/c1-7-4-2-3-5(6)8-7;1-2/h2-4H,6H2,1H3;1-2H3. The molecule has 0 saturated carbocycles. The summed E-state index contributed by atoms with van der Waals surface area (Å²) in [7, 11) is 1.96. The van der Waals surface area contributed by atoms with Gasteiger partial charge in [0, 0.05) is 25.2 Å². The molecule has 1 rings (SSSR count). The first-order valence-electron chi connectivity index (χ1n) is 3.34. The van der Waals surface area contributed by atoms with Crippen molar-refractivity contribution in [3.8, 4) is 0 Å². The van der Waals surface area contributed by atoms with Crippen molar-refractivity contribution in [3.05, 3.63) is 23.4 Å². The molecule has 0 radical (unpaired) electrons. The Balaban J connectivity index is 0.000000371. The van der Waals surface area contributed by atoms with Crippen LogP contribution in [0.3, 0.4) is 0 Å². The van der Waals surface area contributed by atoms with Gasteiger partial charge in [-0.15, -0.1) is 0 Å². The van der Waals surface area contributed by atoms with Crippen LogP contribution >= 0.6 is 11.9 Å². The van der Waals surface area contributed by atoms with Crippen LogP contribution in [-0.4, -0.2) is 11.4 Å². The molecule has 0 unspecified atom stereocenters. The molecule has 0 spiro atoms. The summed E-state index contributed by atoms with van der Waals surface area (Å²) in [5, 5.41) is 0.843. The number of hydrogen-bond acceptors (Lipinski definition) is 3. The van der Waals surface area contributed by atoms with Crippen LogP contribution in [0.2, 0.25) is 0 Å². The molecule has 0 aromatic heterocycles.